The Balaban J connectivity index is 2.92. The quantitative estimate of drug-likeness (QED) is 0.691. The van der Waals surface area contributed by atoms with Crippen LogP contribution in [-0.4, -0.2) is 11.1 Å². The molecule has 0 aromatic carbocycles. The summed E-state index contributed by atoms with van der Waals surface area (Å²) in [7, 11) is 0. The van der Waals surface area contributed by atoms with E-state index < -0.39 is 5.97 Å². The van der Waals surface area contributed by atoms with E-state index in [1.165, 1.54) is 0 Å². The van der Waals surface area contributed by atoms with Gasteiger partial charge in [0.15, 0.2) is 0 Å². The molecule has 0 aromatic heterocycles. The van der Waals surface area contributed by atoms with Crippen LogP contribution in [-0.2, 0) is 4.79 Å². The molecule has 2 atom stereocenters. The van der Waals surface area contributed by atoms with Crippen molar-refractivity contribution in [3.8, 4) is 0 Å². The molecule has 2 heteroatoms. The maximum Gasteiger partial charge on any atom is 0.307 e. The summed E-state index contributed by atoms with van der Waals surface area (Å²) in [6.45, 7) is 10.4. The molecule has 12 heavy (non-hydrogen) atoms. The van der Waals surface area contributed by atoms with Gasteiger partial charge in [-0.3, -0.25) is 4.79 Å². The predicted molar refractivity (Wildman–Crippen MR) is 47.9 cm³/mol. The number of carboxylic acid groups (broad SMARTS) is 1. The molecule has 1 fully saturated rings. The Labute approximate surface area is 74.0 Å². The topological polar surface area (TPSA) is 37.3 Å². The molecular formula is C10H18O2. The molecule has 0 amide bonds. The van der Waals surface area contributed by atoms with Gasteiger partial charge in [-0.05, 0) is 16.7 Å². The van der Waals surface area contributed by atoms with E-state index in [1.54, 1.807) is 0 Å². The lowest BCUT2D eigenvalue weighted by Gasteiger charge is -2.18. The highest BCUT2D eigenvalue weighted by molar-refractivity contribution is 5.77. The largest absolute Gasteiger partial charge is 0.481 e. The Kier molecular flexibility index (Phi) is 1.78. The second kappa shape index (κ2) is 2.24. The fourth-order valence-corrected chi connectivity index (χ4v) is 2.66. The molecule has 1 saturated carbocycles. The molecular weight excluding hydrogens is 152 g/mol. The van der Waals surface area contributed by atoms with Crippen LogP contribution >= 0.6 is 0 Å². The van der Waals surface area contributed by atoms with E-state index in [-0.39, 0.29) is 16.7 Å². The van der Waals surface area contributed by atoms with Crippen LogP contribution in [0.2, 0.25) is 0 Å². The van der Waals surface area contributed by atoms with Crippen LogP contribution in [0, 0.1) is 22.7 Å². The van der Waals surface area contributed by atoms with Gasteiger partial charge in [-0.2, -0.15) is 0 Å². The first-order chi connectivity index (χ1) is 5.26. The monoisotopic (exact) mass is 170 g/mol. The van der Waals surface area contributed by atoms with Gasteiger partial charge in [-0.1, -0.05) is 34.6 Å². The Morgan fingerprint density at radius 1 is 1.33 bits per heavy atom. The summed E-state index contributed by atoms with van der Waals surface area (Å²) in [6, 6.07) is 0. The summed E-state index contributed by atoms with van der Waals surface area (Å²) in [6.07, 6.45) is 0. The normalized spacial score (nSPS) is 38.3. The molecule has 1 N–H and O–H groups in total. The highest BCUT2D eigenvalue weighted by Gasteiger charge is 2.72. The minimum atomic E-state index is -0.642. The zero-order valence-electron chi connectivity index (χ0n) is 8.51. The number of hydrogen-bond donors (Lipinski definition) is 1. The lowest BCUT2D eigenvalue weighted by molar-refractivity contribution is -0.140. The third-order valence-corrected chi connectivity index (χ3v) is 4.07. The van der Waals surface area contributed by atoms with Crippen LogP contribution < -0.4 is 0 Å². The van der Waals surface area contributed by atoms with Crippen LogP contribution in [0.4, 0.5) is 0 Å². The van der Waals surface area contributed by atoms with Crippen molar-refractivity contribution in [2.24, 2.45) is 22.7 Å². The summed E-state index contributed by atoms with van der Waals surface area (Å²) >= 11 is 0. The number of aliphatic carboxylic acids is 1. The maximum absolute atomic E-state index is 10.9. The maximum atomic E-state index is 10.9. The van der Waals surface area contributed by atoms with Crippen molar-refractivity contribution < 1.29 is 9.90 Å². The van der Waals surface area contributed by atoms with Gasteiger partial charge < -0.3 is 5.11 Å². The van der Waals surface area contributed by atoms with Crippen LogP contribution in [0.1, 0.15) is 34.6 Å². The fourth-order valence-electron chi connectivity index (χ4n) is 2.66. The Morgan fingerprint density at radius 3 is 1.83 bits per heavy atom. The molecule has 0 bridgehead atoms. The van der Waals surface area contributed by atoms with Gasteiger partial charge in [0.1, 0.15) is 0 Å². The average Bonchev–Trinajstić information content (AvgIpc) is 2.28. The first-order valence-corrected chi connectivity index (χ1v) is 4.49. The van der Waals surface area contributed by atoms with E-state index in [0.717, 1.165) is 0 Å². The Bertz CT molecular complexity index is 218. The molecule has 0 spiro atoms. The number of carbonyl (C=O) groups is 1. The minimum Gasteiger partial charge on any atom is -0.481 e. The lowest BCUT2D eigenvalue weighted by atomic mass is 9.86. The summed E-state index contributed by atoms with van der Waals surface area (Å²) in [5, 5.41) is 8.97. The Hall–Kier alpha value is -0.530. The van der Waals surface area contributed by atoms with Crippen molar-refractivity contribution in [2.45, 2.75) is 34.6 Å². The lowest BCUT2D eigenvalue weighted by Crippen LogP contribution is -2.13. The summed E-state index contributed by atoms with van der Waals surface area (Å²) in [5.41, 5.74) is -0.0498. The molecule has 1 rings (SSSR count). The van der Waals surface area contributed by atoms with Gasteiger partial charge in [-0.25, -0.2) is 0 Å². The highest BCUT2D eigenvalue weighted by Crippen LogP contribution is 2.72. The van der Waals surface area contributed by atoms with Crippen LogP contribution in [0.3, 0.4) is 0 Å². The zero-order valence-corrected chi connectivity index (χ0v) is 8.51. The first-order valence-electron chi connectivity index (χ1n) is 4.49. The minimum absolute atomic E-state index is 0.0150. The van der Waals surface area contributed by atoms with Crippen molar-refractivity contribution in [2.75, 3.05) is 0 Å². The van der Waals surface area contributed by atoms with Crippen molar-refractivity contribution in [1.82, 2.24) is 0 Å². The molecule has 1 aliphatic carbocycles. The van der Waals surface area contributed by atoms with E-state index in [9.17, 15) is 4.79 Å². The van der Waals surface area contributed by atoms with E-state index in [4.69, 9.17) is 5.11 Å². The summed E-state index contributed by atoms with van der Waals surface area (Å²) in [5.74, 6) is -0.366. The zero-order chi connectivity index (χ0) is 9.73. The van der Waals surface area contributed by atoms with Crippen LogP contribution in [0.25, 0.3) is 0 Å². The fraction of sp³-hybridized carbons (Fsp3) is 0.900. The van der Waals surface area contributed by atoms with E-state index in [1.807, 2.05) is 13.8 Å². The van der Waals surface area contributed by atoms with E-state index in [0.29, 0.717) is 5.92 Å². The highest BCUT2D eigenvalue weighted by atomic mass is 16.4. The van der Waals surface area contributed by atoms with Gasteiger partial charge in [0, 0.05) is 0 Å². The van der Waals surface area contributed by atoms with Gasteiger partial charge in [0.25, 0.3) is 0 Å². The average molecular weight is 170 g/mol. The molecule has 70 valence electrons. The number of rotatable bonds is 2. The molecule has 1 aliphatic rings. The Morgan fingerprint density at radius 2 is 1.75 bits per heavy atom. The first kappa shape index (κ1) is 9.56. The molecule has 0 aliphatic heterocycles. The second-order valence-corrected chi connectivity index (χ2v) is 4.93. The van der Waals surface area contributed by atoms with Crippen LogP contribution in [0.15, 0.2) is 0 Å². The molecule has 0 heterocycles. The molecule has 0 saturated heterocycles. The standard InChI is InChI=1S/C10H18O2/c1-6(2)10(5)7(8(11)12)9(10,3)4/h6-7H,1-5H3,(H,11,12). The van der Waals surface area contributed by atoms with Gasteiger partial charge in [0.2, 0.25) is 0 Å². The summed E-state index contributed by atoms with van der Waals surface area (Å²) < 4.78 is 0. The third kappa shape index (κ3) is 0.838. The van der Waals surface area contributed by atoms with Crippen molar-refractivity contribution in [3.63, 3.8) is 0 Å². The summed E-state index contributed by atoms with van der Waals surface area (Å²) in [4.78, 5) is 10.9. The van der Waals surface area contributed by atoms with Crippen molar-refractivity contribution >= 4 is 5.97 Å². The molecule has 0 radical (unpaired) electrons. The second-order valence-electron chi connectivity index (χ2n) is 4.93. The molecule has 2 nitrogen and oxygen atoms in total. The SMILES string of the molecule is CC(C)C1(C)C(C(=O)O)C1(C)C. The number of carboxylic acids is 1. The van der Waals surface area contributed by atoms with Gasteiger partial charge in [-0.15, -0.1) is 0 Å². The van der Waals surface area contributed by atoms with Crippen LogP contribution in [0.5, 0.6) is 0 Å². The van der Waals surface area contributed by atoms with Gasteiger partial charge >= 0.3 is 5.97 Å². The van der Waals surface area contributed by atoms with E-state index >= 15 is 0 Å². The van der Waals surface area contributed by atoms with Crippen molar-refractivity contribution in [1.29, 1.82) is 0 Å². The third-order valence-electron chi connectivity index (χ3n) is 4.07. The van der Waals surface area contributed by atoms with Crippen molar-refractivity contribution in [3.05, 3.63) is 0 Å². The van der Waals surface area contributed by atoms with E-state index in [2.05, 4.69) is 20.8 Å². The number of hydrogen-bond acceptors (Lipinski definition) is 1. The van der Waals surface area contributed by atoms with Gasteiger partial charge in [0.05, 0.1) is 5.92 Å². The molecule has 0 aromatic rings. The molecule has 2 unspecified atom stereocenters. The predicted octanol–water partition coefficient (Wildman–Crippen LogP) is 2.39. The smallest absolute Gasteiger partial charge is 0.307 e.